The van der Waals surface area contributed by atoms with Gasteiger partial charge in [-0.1, -0.05) is 11.6 Å². The van der Waals surface area contributed by atoms with E-state index >= 15 is 0 Å². The summed E-state index contributed by atoms with van der Waals surface area (Å²) < 4.78 is 42.8. The van der Waals surface area contributed by atoms with Gasteiger partial charge in [-0.05, 0) is 19.2 Å². The highest BCUT2D eigenvalue weighted by molar-refractivity contribution is 6.35. The van der Waals surface area contributed by atoms with Crippen LogP contribution < -0.4 is 0 Å². The molecule has 28 heavy (non-hydrogen) atoms. The van der Waals surface area contributed by atoms with E-state index in [1.807, 2.05) is 0 Å². The number of aromatic nitrogens is 1. The summed E-state index contributed by atoms with van der Waals surface area (Å²) in [5.41, 5.74) is -1.97. The molecular formula is C18H18ClF3N4O2. The van der Waals surface area contributed by atoms with Crippen LogP contribution in [0.25, 0.3) is 10.9 Å². The second-order valence-electron chi connectivity index (χ2n) is 7.32. The Kier molecular flexibility index (Phi) is 4.54. The van der Waals surface area contributed by atoms with Gasteiger partial charge >= 0.3 is 0 Å². The first-order valence-electron chi connectivity index (χ1n) is 8.82. The number of nitrogens with one attached hydrogen (secondary N) is 1. The van der Waals surface area contributed by atoms with E-state index in [-0.39, 0.29) is 60.9 Å². The van der Waals surface area contributed by atoms with Crippen molar-refractivity contribution < 1.29 is 22.8 Å². The molecule has 0 unspecified atom stereocenters. The summed E-state index contributed by atoms with van der Waals surface area (Å²) in [4.78, 5) is 32.2. The molecule has 2 aliphatic heterocycles. The quantitative estimate of drug-likeness (QED) is 0.818. The molecule has 0 atom stereocenters. The van der Waals surface area contributed by atoms with Gasteiger partial charge in [0.05, 0.1) is 15.9 Å². The van der Waals surface area contributed by atoms with Crippen molar-refractivity contribution >= 4 is 34.3 Å². The number of amides is 2. The Hall–Kier alpha value is -2.26. The number of aromatic amines is 1. The Balaban J connectivity index is 1.48. The number of fused-ring (bicyclic) bond motifs is 1. The van der Waals surface area contributed by atoms with E-state index in [0.717, 1.165) is 6.07 Å². The number of piperazine rings is 1. The van der Waals surface area contributed by atoms with E-state index in [2.05, 4.69) is 4.98 Å². The van der Waals surface area contributed by atoms with Crippen LogP contribution in [0.15, 0.2) is 12.1 Å². The fourth-order valence-electron chi connectivity index (χ4n) is 3.83. The number of benzene rings is 1. The van der Waals surface area contributed by atoms with Crippen LogP contribution in [0, 0.1) is 11.6 Å². The number of likely N-dealkylation sites (tertiary alicyclic amines) is 1. The highest BCUT2D eigenvalue weighted by Crippen LogP contribution is 2.31. The van der Waals surface area contributed by atoms with E-state index in [4.69, 9.17) is 11.6 Å². The second-order valence-corrected chi connectivity index (χ2v) is 7.70. The summed E-state index contributed by atoms with van der Waals surface area (Å²) in [5, 5.41) is -0.563. The van der Waals surface area contributed by atoms with Gasteiger partial charge < -0.3 is 14.8 Å². The number of H-pyrrole nitrogens is 1. The average molecular weight is 415 g/mol. The fraction of sp³-hybridized carbons (Fsp3) is 0.444. The first-order chi connectivity index (χ1) is 13.2. The third-order valence-electron chi connectivity index (χ3n) is 5.29. The molecule has 150 valence electrons. The number of hydrogen-bond acceptors (Lipinski definition) is 3. The van der Waals surface area contributed by atoms with Gasteiger partial charge in [0, 0.05) is 39.3 Å². The maximum atomic E-state index is 14.7. The van der Waals surface area contributed by atoms with E-state index in [1.165, 1.54) is 15.9 Å². The number of halogens is 4. The molecule has 2 saturated heterocycles. The van der Waals surface area contributed by atoms with Crippen molar-refractivity contribution in [3.8, 4) is 0 Å². The Labute approximate surface area is 163 Å². The van der Waals surface area contributed by atoms with Gasteiger partial charge in [-0.2, -0.15) is 0 Å². The van der Waals surface area contributed by atoms with E-state index in [0.29, 0.717) is 0 Å². The molecule has 2 amide bonds. The first kappa shape index (κ1) is 19.1. The van der Waals surface area contributed by atoms with Gasteiger partial charge in [0.1, 0.15) is 11.5 Å². The summed E-state index contributed by atoms with van der Waals surface area (Å²) in [7, 11) is 1.73. The number of rotatable bonds is 2. The summed E-state index contributed by atoms with van der Waals surface area (Å²) in [6.07, 6.45) is 0. The summed E-state index contributed by atoms with van der Waals surface area (Å²) in [5.74, 6) is -2.88. The lowest BCUT2D eigenvalue weighted by Gasteiger charge is -2.45. The molecule has 0 bridgehead atoms. The molecule has 2 aliphatic rings. The highest BCUT2D eigenvalue weighted by atomic mass is 35.5. The molecule has 6 nitrogen and oxygen atoms in total. The molecule has 0 aliphatic carbocycles. The van der Waals surface area contributed by atoms with Crippen molar-refractivity contribution in [3.63, 3.8) is 0 Å². The van der Waals surface area contributed by atoms with Crippen LogP contribution in [0.1, 0.15) is 10.5 Å². The first-order valence-corrected chi connectivity index (χ1v) is 9.20. The van der Waals surface area contributed by atoms with Crippen molar-refractivity contribution in [1.29, 1.82) is 0 Å². The van der Waals surface area contributed by atoms with E-state index in [1.54, 1.807) is 11.9 Å². The molecule has 0 spiro atoms. The van der Waals surface area contributed by atoms with E-state index in [9.17, 15) is 22.8 Å². The maximum Gasteiger partial charge on any atom is 0.273 e. The molecule has 1 aromatic heterocycles. The second kappa shape index (κ2) is 6.66. The van der Waals surface area contributed by atoms with Gasteiger partial charge in [0.2, 0.25) is 5.67 Å². The minimum atomic E-state index is -1.87. The molecule has 1 aromatic carbocycles. The monoisotopic (exact) mass is 414 g/mol. The molecule has 0 radical (unpaired) electrons. The van der Waals surface area contributed by atoms with Gasteiger partial charge in [0.25, 0.3) is 11.8 Å². The summed E-state index contributed by atoms with van der Waals surface area (Å²) >= 11 is 5.82. The molecule has 10 heteroatoms. The zero-order valence-electron chi connectivity index (χ0n) is 15.1. The standard InChI is InChI=1S/C18H18ClF3N4O2/c1-24-8-18(22,9-24)17(28)26-6-4-25(5-7-26)16(27)15-14(21)12-11(23-15)3-2-10(20)13(12)19/h2-3,23H,4-9H2,1H3. The predicted molar refractivity (Wildman–Crippen MR) is 97.0 cm³/mol. The van der Waals surface area contributed by atoms with Crippen LogP contribution in [0.2, 0.25) is 5.02 Å². The third kappa shape index (κ3) is 2.93. The average Bonchev–Trinajstić information content (AvgIpc) is 2.99. The van der Waals surface area contributed by atoms with Crippen LogP contribution in [-0.4, -0.2) is 83.5 Å². The highest BCUT2D eigenvalue weighted by Gasteiger charge is 2.50. The van der Waals surface area contributed by atoms with Gasteiger partial charge in [-0.25, -0.2) is 13.2 Å². The molecular weight excluding hydrogens is 397 g/mol. The number of alkyl halides is 1. The Morgan fingerprint density at radius 2 is 1.71 bits per heavy atom. The van der Waals surface area contributed by atoms with Gasteiger partial charge in [-0.15, -0.1) is 0 Å². The van der Waals surface area contributed by atoms with Crippen LogP contribution >= 0.6 is 11.6 Å². The van der Waals surface area contributed by atoms with Crippen molar-refractivity contribution in [2.75, 3.05) is 46.3 Å². The van der Waals surface area contributed by atoms with Crippen molar-refractivity contribution in [1.82, 2.24) is 19.7 Å². The Morgan fingerprint density at radius 1 is 1.11 bits per heavy atom. The zero-order chi connectivity index (χ0) is 20.2. The summed E-state index contributed by atoms with van der Waals surface area (Å²) in [6.45, 7) is 0.736. The molecule has 1 N–H and O–H groups in total. The Morgan fingerprint density at radius 3 is 2.32 bits per heavy atom. The molecule has 2 aromatic rings. The van der Waals surface area contributed by atoms with E-state index < -0.39 is 29.1 Å². The lowest BCUT2D eigenvalue weighted by atomic mass is 9.95. The topological polar surface area (TPSA) is 59.7 Å². The van der Waals surface area contributed by atoms with Crippen molar-refractivity contribution in [2.45, 2.75) is 5.67 Å². The minimum Gasteiger partial charge on any atom is -0.348 e. The molecule has 0 saturated carbocycles. The number of carbonyl (C=O) groups is 2. The lowest BCUT2D eigenvalue weighted by molar-refractivity contribution is -0.156. The number of nitrogens with zero attached hydrogens (tertiary/aromatic N) is 3. The molecule has 2 fully saturated rings. The minimum absolute atomic E-state index is 0.0581. The normalized spacial score (nSPS) is 19.8. The van der Waals surface area contributed by atoms with Gasteiger partial charge in [0.15, 0.2) is 5.82 Å². The van der Waals surface area contributed by atoms with Crippen LogP contribution in [0.4, 0.5) is 13.2 Å². The van der Waals surface area contributed by atoms with Crippen molar-refractivity contribution in [2.24, 2.45) is 0 Å². The van der Waals surface area contributed by atoms with Crippen LogP contribution in [0.3, 0.4) is 0 Å². The smallest absolute Gasteiger partial charge is 0.273 e. The van der Waals surface area contributed by atoms with Crippen LogP contribution in [0.5, 0.6) is 0 Å². The predicted octanol–water partition coefficient (Wildman–Crippen LogP) is 2.04. The fourth-order valence-corrected chi connectivity index (χ4v) is 4.08. The zero-order valence-corrected chi connectivity index (χ0v) is 15.8. The van der Waals surface area contributed by atoms with Gasteiger partial charge in [-0.3, -0.25) is 14.5 Å². The third-order valence-corrected chi connectivity index (χ3v) is 5.66. The Bertz CT molecular complexity index is 965. The van der Waals surface area contributed by atoms with Crippen LogP contribution in [-0.2, 0) is 4.79 Å². The molecule has 4 rings (SSSR count). The molecule has 3 heterocycles. The largest absolute Gasteiger partial charge is 0.348 e. The maximum absolute atomic E-state index is 14.7. The SMILES string of the molecule is CN1CC(F)(C(=O)N2CCN(C(=O)c3[nH]c4ccc(F)c(Cl)c4c3F)CC2)C1. The number of hydrogen-bond donors (Lipinski definition) is 1. The van der Waals surface area contributed by atoms with Crippen molar-refractivity contribution in [3.05, 3.63) is 34.5 Å². The lowest BCUT2D eigenvalue weighted by Crippen LogP contribution is -2.67. The summed E-state index contributed by atoms with van der Waals surface area (Å²) in [6, 6.07) is 2.40. The number of carbonyl (C=O) groups excluding carboxylic acids is 2.